The Kier molecular flexibility index (Phi) is 15.3. The summed E-state index contributed by atoms with van der Waals surface area (Å²) in [7, 11) is 2.98. The van der Waals surface area contributed by atoms with Gasteiger partial charge in [0.1, 0.15) is 23.6 Å². The molecule has 1 fully saturated rings. The zero-order valence-corrected chi connectivity index (χ0v) is 32.8. The molecule has 304 valence electrons. The molecule has 2 atom stereocenters. The summed E-state index contributed by atoms with van der Waals surface area (Å²) >= 11 is 0. The maximum Gasteiger partial charge on any atom is 0.251 e. The van der Waals surface area contributed by atoms with Crippen molar-refractivity contribution in [2.45, 2.75) is 70.5 Å². The number of likely N-dealkylation sites (tertiary alicyclic amines) is 1. The van der Waals surface area contributed by atoms with Gasteiger partial charge in [-0.15, -0.1) is 0 Å². The van der Waals surface area contributed by atoms with Crippen molar-refractivity contribution in [1.29, 1.82) is 0 Å². The van der Waals surface area contributed by atoms with E-state index in [0.29, 0.717) is 66.4 Å². The Morgan fingerprint density at radius 3 is 2.35 bits per heavy atom. The first-order chi connectivity index (χ1) is 27.5. The Bertz CT molecular complexity index is 1910. The van der Waals surface area contributed by atoms with Gasteiger partial charge >= 0.3 is 0 Å². The molecule has 6 rings (SSSR count). The van der Waals surface area contributed by atoms with Crippen molar-refractivity contribution in [3.05, 3.63) is 83.4 Å². The van der Waals surface area contributed by atoms with E-state index < -0.39 is 35.7 Å². The SMILES string of the molecule is COc1cc2ccc1CNC(=O)[C@H](C)NC(=O)[C@H](CCc1ccccc1)NC(=O)CN(C(=O)CN1CCCCC1=O)CCCCNC(=O)c1ccc(OC)c(c1)O2. The van der Waals surface area contributed by atoms with Crippen LogP contribution in [0.4, 0.5) is 0 Å². The molecule has 4 N–H and O–H groups in total. The molecule has 0 spiro atoms. The molecule has 4 bridgehead atoms. The van der Waals surface area contributed by atoms with E-state index in [1.165, 1.54) is 24.0 Å². The number of methoxy groups -OCH3 is 2. The number of benzene rings is 3. The second-order valence-electron chi connectivity index (χ2n) is 14.1. The first kappa shape index (κ1) is 42.0. The van der Waals surface area contributed by atoms with E-state index in [-0.39, 0.29) is 51.0 Å². The highest BCUT2D eigenvalue weighted by molar-refractivity contribution is 5.95. The van der Waals surface area contributed by atoms with Crippen molar-refractivity contribution < 1.29 is 43.0 Å². The summed E-state index contributed by atoms with van der Waals surface area (Å²) in [5.74, 6) is -0.907. The second-order valence-corrected chi connectivity index (χ2v) is 14.1. The second kappa shape index (κ2) is 20.7. The van der Waals surface area contributed by atoms with Gasteiger partial charge in [0, 0.05) is 49.8 Å². The van der Waals surface area contributed by atoms with Crippen molar-refractivity contribution in [1.82, 2.24) is 31.1 Å². The minimum absolute atomic E-state index is 0.0720. The fourth-order valence-electron chi connectivity index (χ4n) is 6.63. The highest BCUT2D eigenvalue weighted by atomic mass is 16.5. The number of carbonyl (C=O) groups is 6. The molecule has 6 amide bonds. The average molecular weight is 785 g/mol. The monoisotopic (exact) mass is 784 g/mol. The third-order valence-corrected chi connectivity index (χ3v) is 9.91. The third-order valence-electron chi connectivity index (χ3n) is 9.91. The molecule has 15 nitrogen and oxygen atoms in total. The van der Waals surface area contributed by atoms with Crippen LogP contribution >= 0.6 is 0 Å². The number of nitrogens with one attached hydrogen (secondary N) is 4. The van der Waals surface area contributed by atoms with E-state index in [1.807, 2.05) is 30.3 Å². The van der Waals surface area contributed by atoms with E-state index in [9.17, 15) is 28.8 Å². The Morgan fingerprint density at radius 1 is 0.825 bits per heavy atom. The van der Waals surface area contributed by atoms with Crippen molar-refractivity contribution in [3.63, 3.8) is 0 Å². The van der Waals surface area contributed by atoms with Gasteiger partial charge in [-0.25, -0.2) is 0 Å². The van der Waals surface area contributed by atoms with Crippen LogP contribution < -0.4 is 35.5 Å². The average Bonchev–Trinajstić information content (AvgIpc) is 3.21. The van der Waals surface area contributed by atoms with Crippen LogP contribution in [0.1, 0.15) is 66.9 Å². The highest BCUT2D eigenvalue weighted by Gasteiger charge is 2.28. The highest BCUT2D eigenvalue weighted by Crippen LogP contribution is 2.35. The van der Waals surface area contributed by atoms with Crippen LogP contribution in [0.2, 0.25) is 0 Å². The molecule has 0 radical (unpaired) electrons. The number of fused-ring (bicyclic) bond motifs is 18. The number of hydrogen-bond acceptors (Lipinski definition) is 9. The van der Waals surface area contributed by atoms with Crippen molar-refractivity contribution in [2.75, 3.05) is 46.9 Å². The molecule has 3 aromatic rings. The summed E-state index contributed by atoms with van der Waals surface area (Å²) < 4.78 is 17.2. The molecule has 15 heteroatoms. The summed E-state index contributed by atoms with van der Waals surface area (Å²) in [6.45, 7) is 2.02. The lowest BCUT2D eigenvalue weighted by molar-refractivity contribution is -0.143. The molecule has 3 aliphatic heterocycles. The smallest absolute Gasteiger partial charge is 0.251 e. The third kappa shape index (κ3) is 12.2. The van der Waals surface area contributed by atoms with E-state index in [4.69, 9.17) is 14.2 Å². The number of piperidine rings is 1. The normalized spacial score (nSPS) is 19.2. The largest absolute Gasteiger partial charge is 0.496 e. The van der Waals surface area contributed by atoms with Gasteiger partial charge in [-0.1, -0.05) is 30.3 Å². The zero-order valence-electron chi connectivity index (χ0n) is 32.8. The van der Waals surface area contributed by atoms with Crippen LogP contribution in [0, 0.1) is 0 Å². The van der Waals surface area contributed by atoms with Gasteiger partial charge in [-0.2, -0.15) is 0 Å². The van der Waals surface area contributed by atoms with Gasteiger partial charge in [0.25, 0.3) is 5.91 Å². The van der Waals surface area contributed by atoms with E-state index >= 15 is 0 Å². The molecule has 3 aromatic carbocycles. The maximum absolute atomic E-state index is 13.7. The summed E-state index contributed by atoms with van der Waals surface area (Å²) in [4.78, 5) is 82.9. The molecule has 1 saturated heterocycles. The van der Waals surface area contributed by atoms with Crippen LogP contribution in [-0.2, 0) is 36.9 Å². The molecule has 0 aromatic heterocycles. The van der Waals surface area contributed by atoms with Crippen LogP contribution in [0.15, 0.2) is 66.7 Å². The van der Waals surface area contributed by atoms with Gasteiger partial charge in [0.15, 0.2) is 11.5 Å². The number of rotatable bonds is 7. The Balaban J connectivity index is 1.38. The Labute approximate surface area is 332 Å². The van der Waals surface area contributed by atoms with E-state index in [0.717, 1.165) is 18.4 Å². The predicted octanol–water partition coefficient (Wildman–Crippen LogP) is 3.10. The maximum atomic E-state index is 13.7. The lowest BCUT2D eigenvalue weighted by Crippen LogP contribution is -2.54. The topological polar surface area (TPSA) is 185 Å². The van der Waals surface area contributed by atoms with Crippen LogP contribution in [0.3, 0.4) is 0 Å². The van der Waals surface area contributed by atoms with E-state index in [2.05, 4.69) is 21.3 Å². The number of hydrogen-bond donors (Lipinski definition) is 4. The minimum Gasteiger partial charge on any atom is -0.496 e. The zero-order chi connectivity index (χ0) is 40.7. The standard InChI is InChI=1S/C42H52N6O9/c1-28-40(52)44-25-31-15-17-32(24-35(31)56-3)57-36-23-30(16-19-34(36)55-2)41(53)43-20-8-10-22-47(39(51)27-48-21-9-7-13-38(48)50)26-37(49)46-33(42(54)45-28)18-14-29-11-5-4-6-12-29/h4-6,11-12,15-17,19,23-24,28,33H,7-10,13-14,18,20-22,25-27H2,1-3H3,(H,43,53)(H,44,52)(H,45,54)(H,46,49)/t28-,33-/m0/s1. The number of nitrogens with zero attached hydrogens (tertiary/aromatic N) is 2. The number of carbonyl (C=O) groups excluding carboxylic acids is 6. The van der Waals surface area contributed by atoms with Crippen molar-refractivity contribution >= 4 is 35.4 Å². The summed E-state index contributed by atoms with van der Waals surface area (Å²) in [6.07, 6.45) is 3.52. The Hall–Kier alpha value is -6.12. The number of amides is 6. The van der Waals surface area contributed by atoms with Gasteiger partial charge in [0.2, 0.25) is 29.5 Å². The van der Waals surface area contributed by atoms with Gasteiger partial charge in [0.05, 0.1) is 27.3 Å². The lowest BCUT2D eigenvalue weighted by Gasteiger charge is -2.30. The van der Waals surface area contributed by atoms with E-state index in [1.54, 1.807) is 43.3 Å². The van der Waals surface area contributed by atoms with Gasteiger partial charge < -0.3 is 45.3 Å². The van der Waals surface area contributed by atoms with Gasteiger partial charge in [-0.3, -0.25) is 28.8 Å². The molecule has 3 aliphatic rings. The lowest BCUT2D eigenvalue weighted by atomic mass is 10.0. The molecule has 57 heavy (non-hydrogen) atoms. The minimum atomic E-state index is -1.03. The summed E-state index contributed by atoms with van der Waals surface area (Å²) in [6, 6.07) is 17.4. The molecular weight excluding hydrogens is 732 g/mol. The van der Waals surface area contributed by atoms with Crippen molar-refractivity contribution in [2.24, 2.45) is 0 Å². The molecule has 0 aliphatic carbocycles. The first-order valence-electron chi connectivity index (χ1n) is 19.3. The van der Waals surface area contributed by atoms with Crippen molar-refractivity contribution in [3.8, 4) is 23.0 Å². The number of aryl methyl sites for hydroxylation is 1. The molecule has 0 unspecified atom stereocenters. The quantitative estimate of drug-likeness (QED) is 0.262. The molecular formula is C42H52N6O9. The van der Waals surface area contributed by atoms with Gasteiger partial charge in [-0.05, 0) is 81.3 Å². The van der Waals surface area contributed by atoms with Crippen LogP contribution in [0.5, 0.6) is 23.0 Å². The summed E-state index contributed by atoms with van der Waals surface area (Å²) in [5, 5.41) is 11.3. The first-order valence-corrected chi connectivity index (χ1v) is 19.3. The Morgan fingerprint density at radius 2 is 1.60 bits per heavy atom. The number of ether oxygens (including phenoxy) is 3. The van der Waals surface area contributed by atoms with Crippen LogP contribution in [0.25, 0.3) is 0 Å². The fraction of sp³-hybridized carbons (Fsp3) is 0.429. The molecule has 0 saturated carbocycles. The predicted molar refractivity (Wildman–Crippen MR) is 211 cm³/mol. The summed E-state index contributed by atoms with van der Waals surface area (Å²) in [5.41, 5.74) is 1.93. The fourth-order valence-corrected chi connectivity index (χ4v) is 6.63. The van der Waals surface area contributed by atoms with Crippen LogP contribution in [-0.4, -0.2) is 104 Å². The molecule has 3 heterocycles.